The summed E-state index contributed by atoms with van der Waals surface area (Å²) in [5, 5.41) is 3.43. The highest BCUT2D eigenvalue weighted by molar-refractivity contribution is 6.05. The fourth-order valence-corrected chi connectivity index (χ4v) is 1.92. The third-order valence-electron chi connectivity index (χ3n) is 2.90. The lowest BCUT2D eigenvalue weighted by atomic mass is 10.2. The van der Waals surface area contributed by atoms with Crippen molar-refractivity contribution in [2.45, 2.75) is 0 Å². The largest absolute Gasteiger partial charge is 0.361 e. The van der Waals surface area contributed by atoms with E-state index in [-0.39, 0.29) is 5.56 Å². The Kier molecular flexibility index (Phi) is 2.90. The van der Waals surface area contributed by atoms with E-state index in [1.54, 1.807) is 24.4 Å². The molecule has 3 rings (SSSR count). The number of nitrogens with one attached hydrogen (secondary N) is 2. The topological polar surface area (TPSA) is 57.8 Å². The number of rotatable bonds is 2. The lowest BCUT2D eigenvalue weighted by molar-refractivity contribution is 0.102. The molecular formula is C14H9F2N3O. The van der Waals surface area contributed by atoms with Crippen LogP contribution in [0.5, 0.6) is 0 Å². The van der Waals surface area contributed by atoms with Gasteiger partial charge in [-0.25, -0.2) is 9.37 Å². The highest BCUT2D eigenvalue weighted by Crippen LogP contribution is 2.19. The van der Waals surface area contributed by atoms with E-state index in [0.29, 0.717) is 5.69 Å². The van der Waals surface area contributed by atoms with Crippen LogP contribution in [0.15, 0.2) is 42.7 Å². The van der Waals surface area contributed by atoms with E-state index >= 15 is 0 Å². The summed E-state index contributed by atoms with van der Waals surface area (Å²) >= 11 is 0. The standard InChI is InChI=1S/C14H9F2N3O/c15-12-10(4-6-18-13(12)16)14(20)19-9-1-2-11-8(7-9)3-5-17-11/h1-7,17H,(H,19,20). The smallest absolute Gasteiger partial charge is 0.258 e. The maximum absolute atomic E-state index is 13.5. The molecule has 1 aromatic carbocycles. The second kappa shape index (κ2) is 4.73. The fraction of sp³-hybridized carbons (Fsp3) is 0. The average Bonchev–Trinajstić information content (AvgIpc) is 2.89. The van der Waals surface area contributed by atoms with E-state index in [1.807, 2.05) is 6.07 Å². The van der Waals surface area contributed by atoms with E-state index in [0.717, 1.165) is 23.2 Å². The highest BCUT2D eigenvalue weighted by Gasteiger charge is 2.16. The molecule has 2 heterocycles. The molecule has 100 valence electrons. The van der Waals surface area contributed by atoms with Gasteiger partial charge in [-0.2, -0.15) is 4.39 Å². The molecule has 2 N–H and O–H groups in total. The third kappa shape index (κ3) is 2.11. The Bertz CT molecular complexity index is 798. The van der Waals surface area contributed by atoms with Crippen LogP contribution in [0.25, 0.3) is 10.9 Å². The van der Waals surface area contributed by atoms with E-state index in [4.69, 9.17) is 0 Å². The quantitative estimate of drug-likeness (QED) is 0.705. The molecule has 0 radical (unpaired) electrons. The number of aromatic amines is 1. The third-order valence-corrected chi connectivity index (χ3v) is 2.90. The van der Waals surface area contributed by atoms with Gasteiger partial charge in [-0.05, 0) is 30.3 Å². The first-order chi connectivity index (χ1) is 9.65. The van der Waals surface area contributed by atoms with Crippen LogP contribution < -0.4 is 5.32 Å². The number of anilines is 1. The molecule has 0 unspecified atom stereocenters. The van der Waals surface area contributed by atoms with Crippen molar-refractivity contribution in [2.24, 2.45) is 0 Å². The number of carbonyl (C=O) groups excluding carboxylic acids is 1. The number of nitrogens with zero attached hydrogens (tertiary/aromatic N) is 1. The summed E-state index contributed by atoms with van der Waals surface area (Å²) in [6, 6.07) is 8.17. The summed E-state index contributed by atoms with van der Waals surface area (Å²) in [6.45, 7) is 0. The molecule has 20 heavy (non-hydrogen) atoms. The van der Waals surface area contributed by atoms with Crippen LogP contribution in [-0.4, -0.2) is 15.9 Å². The summed E-state index contributed by atoms with van der Waals surface area (Å²) in [6.07, 6.45) is 2.82. The lowest BCUT2D eigenvalue weighted by Gasteiger charge is -2.06. The SMILES string of the molecule is O=C(Nc1ccc2[nH]ccc2c1)c1ccnc(F)c1F. The first-order valence-electron chi connectivity index (χ1n) is 5.83. The van der Waals surface area contributed by atoms with Gasteiger partial charge in [0.15, 0.2) is 5.82 Å². The zero-order valence-corrected chi connectivity index (χ0v) is 10.2. The molecule has 0 saturated carbocycles. The number of fused-ring (bicyclic) bond motifs is 1. The van der Waals surface area contributed by atoms with Crippen LogP contribution in [0.2, 0.25) is 0 Å². The molecule has 0 atom stereocenters. The fourth-order valence-electron chi connectivity index (χ4n) is 1.92. The van der Waals surface area contributed by atoms with Crippen molar-refractivity contribution < 1.29 is 13.6 Å². The molecule has 0 bridgehead atoms. The summed E-state index contributed by atoms with van der Waals surface area (Å²) in [5.41, 5.74) is 1.04. The number of pyridine rings is 1. The Morgan fingerprint density at radius 2 is 2.05 bits per heavy atom. The van der Waals surface area contributed by atoms with Gasteiger partial charge in [0.25, 0.3) is 5.91 Å². The molecular weight excluding hydrogens is 264 g/mol. The molecule has 0 aliphatic rings. The van der Waals surface area contributed by atoms with Crippen molar-refractivity contribution in [1.82, 2.24) is 9.97 Å². The molecule has 0 aliphatic heterocycles. The van der Waals surface area contributed by atoms with Crippen molar-refractivity contribution >= 4 is 22.5 Å². The van der Waals surface area contributed by atoms with Gasteiger partial charge in [-0.1, -0.05) is 0 Å². The monoisotopic (exact) mass is 273 g/mol. The molecule has 0 aliphatic carbocycles. The van der Waals surface area contributed by atoms with Crippen molar-refractivity contribution in [3.63, 3.8) is 0 Å². The number of amides is 1. The zero-order valence-electron chi connectivity index (χ0n) is 10.2. The normalized spacial score (nSPS) is 10.7. The van der Waals surface area contributed by atoms with Crippen LogP contribution in [0, 0.1) is 11.8 Å². The minimum atomic E-state index is -1.29. The van der Waals surface area contributed by atoms with Crippen molar-refractivity contribution in [3.8, 4) is 0 Å². The van der Waals surface area contributed by atoms with E-state index in [1.165, 1.54) is 0 Å². The van der Waals surface area contributed by atoms with Gasteiger partial charge in [0.05, 0.1) is 5.56 Å². The summed E-state index contributed by atoms with van der Waals surface area (Å²) < 4.78 is 26.4. The van der Waals surface area contributed by atoms with Gasteiger partial charge in [0, 0.05) is 29.0 Å². The number of H-pyrrole nitrogens is 1. The van der Waals surface area contributed by atoms with Gasteiger partial charge >= 0.3 is 0 Å². The summed E-state index contributed by atoms with van der Waals surface area (Å²) in [4.78, 5) is 18.1. The van der Waals surface area contributed by atoms with Gasteiger partial charge in [-0.3, -0.25) is 4.79 Å². The Morgan fingerprint density at radius 1 is 1.20 bits per heavy atom. The predicted octanol–water partition coefficient (Wildman–Crippen LogP) is 3.09. The molecule has 2 aromatic heterocycles. The Labute approximate surface area is 112 Å². The van der Waals surface area contributed by atoms with Crippen LogP contribution in [-0.2, 0) is 0 Å². The Balaban J connectivity index is 1.90. The minimum absolute atomic E-state index is 0.383. The molecule has 3 aromatic rings. The number of benzene rings is 1. The first-order valence-corrected chi connectivity index (χ1v) is 5.83. The zero-order chi connectivity index (χ0) is 14.1. The second-order valence-corrected chi connectivity index (χ2v) is 4.20. The van der Waals surface area contributed by atoms with Crippen molar-refractivity contribution in [1.29, 1.82) is 0 Å². The van der Waals surface area contributed by atoms with E-state index < -0.39 is 17.7 Å². The highest BCUT2D eigenvalue weighted by atomic mass is 19.2. The molecule has 0 saturated heterocycles. The van der Waals surface area contributed by atoms with Crippen molar-refractivity contribution in [3.05, 3.63) is 60.1 Å². The maximum atomic E-state index is 13.5. The minimum Gasteiger partial charge on any atom is -0.361 e. The predicted molar refractivity (Wildman–Crippen MR) is 70.4 cm³/mol. The average molecular weight is 273 g/mol. The van der Waals surface area contributed by atoms with Crippen LogP contribution in [0.3, 0.4) is 0 Å². The summed E-state index contributed by atoms with van der Waals surface area (Å²) in [5.74, 6) is -3.27. The van der Waals surface area contributed by atoms with Gasteiger partial charge in [0.2, 0.25) is 5.95 Å². The molecule has 0 spiro atoms. The van der Waals surface area contributed by atoms with Gasteiger partial charge in [0.1, 0.15) is 0 Å². The van der Waals surface area contributed by atoms with E-state index in [2.05, 4.69) is 15.3 Å². The molecule has 4 nitrogen and oxygen atoms in total. The van der Waals surface area contributed by atoms with Crippen LogP contribution in [0.4, 0.5) is 14.5 Å². The van der Waals surface area contributed by atoms with Crippen LogP contribution in [0.1, 0.15) is 10.4 Å². The van der Waals surface area contributed by atoms with Gasteiger partial charge in [-0.15, -0.1) is 0 Å². The Morgan fingerprint density at radius 3 is 2.90 bits per heavy atom. The second-order valence-electron chi connectivity index (χ2n) is 4.20. The first kappa shape index (κ1) is 12.3. The van der Waals surface area contributed by atoms with Crippen molar-refractivity contribution in [2.75, 3.05) is 5.32 Å². The maximum Gasteiger partial charge on any atom is 0.258 e. The molecule has 1 amide bonds. The lowest BCUT2D eigenvalue weighted by Crippen LogP contribution is -2.15. The number of aromatic nitrogens is 2. The summed E-state index contributed by atoms with van der Waals surface area (Å²) in [7, 11) is 0. The Hall–Kier alpha value is -2.76. The molecule has 6 heteroatoms. The number of carbonyl (C=O) groups is 1. The number of hydrogen-bond donors (Lipinski definition) is 2. The number of halogens is 2. The molecule has 0 fully saturated rings. The number of hydrogen-bond acceptors (Lipinski definition) is 2. The van der Waals surface area contributed by atoms with E-state index in [9.17, 15) is 13.6 Å². The van der Waals surface area contributed by atoms with Crippen LogP contribution >= 0.6 is 0 Å². The van der Waals surface area contributed by atoms with Gasteiger partial charge < -0.3 is 10.3 Å².